The molecule has 0 bridgehead atoms. The number of nitrogens with zero attached hydrogens (tertiary/aromatic N) is 1. The first-order valence-electron chi connectivity index (χ1n) is 9.55. The number of likely N-dealkylation sites (tertiary alicyclic amines) is 1. The van der Waals surface area contributed by atoms with E-state index in [9.17, 15) is 9.59 Å². The van der Waals surface area contributed by atoms with Crippen LogP contribution in [-0.4, -0.2) is 35.8 Å². The van der Waals surface area contributed by atoms with E-state index >= 15 is 0 Å². The second-order valence-corrected chi connectivity index (χ2v) is 8.27. The first kappa shape index (κ1) is 19.5. The first-order chi connectivity index (χ1) is 12.5. The molecule has 1 saturated heterocycles. The lowest BCUT2D eigenvalue weighted by atomic mass is 10.0. The highest BCUT2D eigenvalue weighted by Gasteiger charge is 2.34. The zero-order valence-electron chi connectivity index (χ0n) is 15.0. The quantitative estimate of drug-likeness (QED) is 0.757. The van der Waals surface area contributed by atoms with Gasteiger partial charge in [0, 0.05) is 35.6 Å². The van der Waals surface area contributed by atoms with Crippen LogP contribution in [0.15, 0.2) is 18.2 Å². The van der Waals surface area contributed by atoms with Crippen LogP contribution in [0.2, 0.25) is 10.0 Å². The molecule has 1 atom stereocenters. The van der Waals surface area contributed by atoms with Crippen LogP contribution < -0.4 is 5.32 Å². The summed E-state index contributed by atoms with van der Waals surface area (Å²) < 4.78 is 0. The summed E-state index contributed by atoms with van der Waals surface area (Å²) in [7, 11) is 0. The van der Waals surface area contributed by atoms with Gasteiger partial charge >= 0.3 is 0 Å². The summed E-state index contributed by atoms with van der Waals surface area (Å²) >= 11 is 12.1. The number of halogens is 2. The van der Waals surface area contributed by atoms with Crippen molar-refractivity contribution in [3.8, 4) is 0 Å². The van der Waals surface area contributed by atoms with Gasteiger partial charge < -0.3 is 10.2 Å². The fraction of sp³-hybridized carbons (Fsp3) is 0.600. The zero-order valence-corrected chi connectivity index (χ0v) is 16.5. The number of hydrogen-bond donors (Lipinski definition) is 1. The van der Waals surface area contributed by atoms with Crippen molar-refractivity contribution in [3.63, 3.8) is 0 Å². The van der Waals surface area contributed by atoms with Gasteiger partial charge in [0.25, 0.3) is 0 Å². The number of benzene rings is 1. The largest absolute Gasteiger partial charge is 0.353 e. The maximum atomic E-state index is 12.6. The number of hydrogen-bond acceptors (Lipinski definition) is 2. The van der Waals surface area contributed by atoms with Crippen molar-refractivity contribution in [3.05, 3.63) is 33.8 Å². The molecular formula is C20H26Cl2N2O2. The van der Waals surface area contributed by atoms with E-state index in [2.05, 4.69) is 5.32 Å². The Labute approximate surface area is 165 Å². The topological polar surface area (TPSA) is 49.4 Å². The van der Waals surface area contributed by atoms with Gasteiger partial charge in [0.15, 0.2) is 0 Å². The van der Waals surface area contributed by atoms with Gasteiger partial charge in [0.2, 0.25) is 11.8 Å². The molecule has 3 rings (SSSR count). The van der Waals surface area contributed by atoms with E-state index in [0.29, 0.717) is 36.0 Å². The monoisotopic (exact) mass is 396 g/mol. The van der Waals surface area contributed by atoms with Gasteiger partial charge in [-0.25, -0.2) is 0 Å². The van der Waals surface area contributed by atoms with E-state index in [4.69, 9.17) is 23.2 Å². The van der Waals surface area contributed by atoms with Crippen molar-refractivity contribution >= 4 is 35.0 Å². The molecule has 1 N–H and O–H groups in total. The van der Waals surface area contributed by atoms with Crippen LogP contribution in [0.4, 0.5) is 0 Å². The third kappa shape index (κ3) is 5.14. The van der Waals surface area contributed by atoms with Crippen molar-refractivity contribution in [1.29, 1.82) is 0 Å². The Morgan fingerprint density at radius 1 is 1.15 bits per heavy atom. The molecule has 1 heterocycles. The average Bonchev–Trinajstić information content (AvgIpc) is 2.80. The lowest BCUT2D eigenvalue weighted by Gasteiger charge is -2.20. The molecule has 1 aromatic carbocycles. The minimum atomic E-state index is -0.230. The Kier molecular flexibility index (Phi) is 6.82. The van der Waals surface area contributed by atoms with Crippen molar-refractivity contribution in [2.24, 2.45) is 5.92 Å². The summed E-state index contributed by atoms with van der Waals surface area (Å²) in [6, 6.07) is 5.69. The maximum absolute atomic E-state index is 12.6. The molecule has 2 aliphatic rings. The smallest absolute Gasteiger partial charge is 0.225 e. The average molecular weight is 397 g/mol. The molecule has 4 nitrogen and oxygen atoms in total. The highest BCUT2D eigenvalue weighted by molar-refractivity contribution is 6.35. The van der Waals surface area contributed by atoms with Gasteiger partial charge in [-0.05, 0) is 37.0 Å². The second-order valence-electron chi connectivity index (χ2n) is 7.42. The number of carbonyl (C=O) groups excluding carboxylic acids is 2. The van der Waals surface area contributed by atoms with Gasteiger partial charge in [-0.15, -0.1) is 0 Å². The number of amides is 2. The van der Waals surface area contributed by atoms with Crippen LogP contribution in [0.3, 0.4) is 0 Å². The molecule has 2 fully saturated rings. The van der Waals surface area contributed by atoms with Crippen molar-refractivity contribution in [1.82, 2.24) is 10.2 Å². The molecule has 0 spiro atoms. The van der Waals surface area contributed by atoms with E-state index < -0.39 is 0 Å². The molecule has 26 heavy (non-hydrogen) atoms. The number of nitrogens with one attached hydrogen (secondary N) is 1. The maximum Gasteiger partial charge on any atom is 0.225 e. The molecule has 1 aliphatic heterocycles. The van der Waals surface area contributed by atoms with Gasteiger partial charge in [0.05, 0.1) is 5.92 Å². The summed E-state index contributed by atoms with van der Waals surface area (Å²) in [5.41, 5.74) is 0.968. The SMILES string of the molecule is O=C(NC1CCCCCC1)C1CC(=O)N(CCc2ccc(Cl)cc2Cl)C1. The Bertz CT molecular complexity index is 657. The van der Waals surface area contributed by atoms with E-state index in [-0.39, 0.29) is 23.8 Å². The van der Waals surface area contributed by atoms with Crippen LogP contribution in [0, 0.1) is 5.92 Å². The van der Waals surface area contributed by atoms with E-state index in [1.165, 1.54) is 25.7 Å². The third-order valence-electron chi connectivity index (χ3n) is 5.45. The van der Waals surface area contributed by atoms with Crippen LogP contribution in [0.5, 0.6) is 0 Å². The Balaban J connectivity index is 1.50. The standard InChI is InChI=1S/C20H26Cl2N2O2/c21-16-8-7-14(18(22)12-16)9-10-24-13-15(11-19(24)25)20(26)23-17-5-3-1-2-4-6-17/h7-8,12,15,17H,1-6,9-11,13H2,(H,23,26). The van der Waals surface area contributed by atoms with Crippen LogP contribution in [-0.2, 0) is 16.0 Å². The van der Waals surface area contributed by atoms with Crippen molar-refractivity contribution in [2.45, 2.75) is 57.4 Å². The van der Waals surface area contributed by atoms with Gasteiger partial charge in [0.1, 0.15) is 0 Å². The Hall–Kier alpha value is -1.26. The first-order valence-corrected chi connectivity index (χ1v) is 10.3. The van der Waals surface area contributed by atoms with Gasteiger partial charge in [-0.1, -0.05) is 55.0 Å². The Morgan fingerprint density at radius 2 is 1.88 bits per heavy atom. The summed E-state index contributed by atoms with van der Waals surface area (Å²) in [6.07, 6.45) is 7.98. The van der Waals surface area contributed by atoms with Crippen LogP contribution >= 0.6 is 23.2 Å². The molecule has 0 aromatic heterocycles. The molecule has 6 heteroatoms. The predicted octanol–water partition coefficient (Wildman–Crippen LogP) is 4.22. The van der Waals surface area contributed by atoms with Crippen molar-refractivity contribution < 1.29 is 9.59 Å². The summed E-state index contributed by atoms with van der Waals surface area (Å²) in [6.45, 7) is 1.08. The van der Waals surface area contributed by atoms with Crippen LogP contribution in [0.25, 0.3) is 0 Å². The van der Waals surface area contributed by atoms with Gasteiger partial charge in [-0.2, -0.15) is 0 Å². The number of carbonyl (C=O) groups is 2. The third-order valence-corrected chi connectivity index (χ3v) is 6.04. The predicted molar refractivity (Wildman–Crippen MR) is 104 cm³/mol. The highest BCUT2D eigenvalue weighted by Crippen LogP contribution is 2.24. The fourth-order valence-corrected chi connectivity index (χ4v) is 4.39. The molecule has 1 unspecified atom stereocenters. The van der Waals surface area contributed by atoms with E-state index in [0.717, 1.165) is 18.4 Å². The summed E-state index contributed by atoms with van der Waals surface area (Å²) in [5, 5.41) is 4.40. The second kappa shape index (κ2) is 9.09. The fourth-order valence-electron chi connectivity index (χ4n) is 3.89. The molecule has 142 valence electrons. The molecule has 0 radical (unpaired) electrons. The van der Waals surface area contributed by atoms with Crippen molar-refractivity contribution in [2.75, 3.05) is 13.1 Å². The van der Waals surface area contributed by atoms with E-state index in [1.54, 1.807) is 17.0 Å². The molecule has 1 aromatic rings. The minimum Gasteiger partial charge on any atom is -0.353 e. The summed E-state index contributed by atoms with van der Waals surface area (Å²) in [5.74, 6) is -0.139. The lowest BCUT2D eigenvalue weighted by Crippen LogP contribution is -2.39. The van der Waals surface area contributed by atoms with Gasteiger partial charge in [-0.3, -0.25) is 9.59 Å². The molecular weight excluding hydrogens is 371 g/mol. The summed E-state index contributed by atoms with van der Waals surface area (Å²) in [4.78, 5) is 26.6. The Morgan fingerprint density at radius 3 is 2.58 bits per heavy atom. The van der Waals surface area contributed by atoms with Crippen LogP contribution in [0.1, 0.15) is 50.5 Å². The molecule has 1 aliphatic carbocycles. The lowest BCUT2D eigenvalue weighted by molar-refractivity contribution is -0.129. The number of rotatable bonds is 5. The highest BCUT2D eigenvalue weighted by atomic mass is 35.5. The van der Waals surface area contributed by atoms with E-state index in [1.807, 2.05) is 6.07 Å². The molecule has 2 amide bonds. The normalized spacial score (nSPS) is 21.7. The zero-order chi connectivity index (χ0) is 18.5. The molecule has 1 saturated carbocycles. The minimum absolute atomic E-state index is 0.0391.